The maximum Gasteiger partial charge on any atom is 0.387 e. The highest BCUT2D eigenvalue weighted by Crippen LogP contribution is 2.20. The Morgan fingerprint density at radius 2 is 1.88 bits per heavy atom. The molecular formula is C16H13F2IN2O3. The molecule has 0 saturated heterocycles. The molecule has 0 aliphatic rings. The zero-order chi connectivity index (χ0) is 17.5. The van der Waals surface area contributed by atoms with Crippen molar-refractivity contribution >= 4 is 40.1 Å². The molecule has 0 saturated carbocycles. The predicted molar refractivity (Wildman–Crippen MR) is 93.2 cm³/mol. The van der Waals surface area contributed by atoms with Crippen molar-refractivity contribution in [3.8, 4) is 5.75 Å². The van der Waals surface area contributed by atoms with Gasteiger partial charge in [0.25, 0.3) is 5.91 Å². The Balaban J connectivity index is 1.94. The molecule has 0 atom stereocenters. The van der Waals surface area contributed by atoms with E-state index in [1.54, 1.807) is 18.2 Å². The Kier molecular flexibility index (Phi) is 6.47. The predicted octanol–water partition coefficient (Wildman–Crippen LogP) is 3.26. The van der Waals surface area contributed by atoms with Gasteiger partial charge in [0.05, 0.1) is 12.1 Å². The first-order chi connectivity index (χ1) is 11.5. The van der Waals surface area contributed by atoms with Crippen molar-refractivity contribution in [2.24, 2.45) is 0 Å². The van der Waals surface area contributed by atoms with Crippen LogP contribution >= 0.6 is 22.6 Å². The number of carbonyl (C=O) groups is 2. The van der Waals surface area contributed by atoms with Gasteiger partial charge in [0.2, 0.25) is 5.91 Å². The minimum Gasteiger partial charge on any atom is -0.434 e. The van der Waals surface area contributed by atoms with Crippen LogP contribution in [0.3, 0.4) is 0 Å². The molecule has 2 aromatic carbocycles. The number of rotatable bonds is 6. The zero-order valence-corrected chi connectivity index (χ0v) is 14.4. The molecule has 5 nitrogen and oxygen atoms in total. The molecule has 0 fully saturated rings. The molecule has 2 N–H and O–H groups in total. The molecular weight excluding hydrogens is 433 g/mol. The lowest BCUT2D eigenvalue weighted by Gasteiger charge is -2.11. The van der Waals surface area contributed by atoms with Crippen LogP contribution in [0.1, 0.15) is 10.4 Å². The van der Waals surface area contributed by atoms with E-state index in [1.807, 2.05) is 6.07 Å². The Hall–Kier alpha value is -2.23. The van der Waals surface area contributed by atoms with Crippen molar-refractivity contribution in [2.45, 2.75) is 6.61 Å². The van der Waals surface area contributed by atoms with E-state index in [0.717, 1.165) is 3.57 Å². The molecule has 8 heteroatoms. The van der Waals surface area contributed by atoms with Gasteiger partial charge in [-0.1, -0.05) is 18.2 Å². The van der Waals surface area contributed by atoms with Gasteiger partial charge in [-0.05, 0) is 52.9 Å². The Labute approximate surface area is 150 Å². The molecule has 0 spiro atoms. The molecule has 24 heavy (non-hydrogen) atoms. The van der Waals surface area contributed by atoms with Crippen molar-refractivity contribution in [3.63, 3.8) is 0 Å². The fraction of sp³-hybridized carbons (Fsp3) is 0.125. The highest BCUT2D eigenvalue weighted by Gasteiger charge is 2.16. The lowest BCUT2D eigenvalue weighted by molar-refractivity contribution is -0.115. The number of amides is 2. The van der Waals surface area contributed by atoms with Crippen LogP contribution in [-0.4, -0.2) is 25.0 Å². The summed E-state index contributed by atoms with van der Waals surface area (Å²) >= 11 is 2.11. The number of anilines is 1. The second-order valence-electron chi connectivity index (χ2n) is 4.62. The van der Waals surface area contributed by atoms with Crippen molar-refractivity contribution in [1.82, 2.24) is 5.32 Å². The highest BCUT2D eigenvalue weighted by molar-refractivity contribution is 14.1. The van der Waals surface area contributed by atoms with E-state index in [1.165, 1.54) is 24.3 Å². The van der Waals surface area contributed by atoms with Gasteiger partial charge in [0.1, 0.15) is 5.75 Å². The molecule has 2 aromatic rings. The first-order valence-corrected chi connectivity index (χ1v) is 7.91. The van der Waals surface area contributed by atoms with Gasteiger partial charge in [-0.3, -0.25) is 9.59 Å². The lowest BCUT2D eigenvalue weighted by Crippen LogP contribution is -2.33. The van der Waals surface area contributed by atoms with E-state index >= 15 is 0 Å². The number of hydrogen-bond acceptors (Lipinski definition) is 3. The van der Waals surface area contributed by atoms with Gasteiger partial charge < -0.3 is 15.4 Å². The van der Waals surface area contributed by atoms with E-state index in [0.29, 0.717) is 5.69 Å². The number of benzene rings is 2. The smallest absolute Gasteiger partial charge is 0.387 e. The average Bonchev–Trinajstić information content (AvgIpc) is 2.52. The minimum atomic E-state index is -3.04. The third-order valence-corrected chi connectivity index (χ3v) is 3.54. The summed E-state index contributed by atoms with van der Waals surface area (Å²) in [7, 11) is 0. The van der Waals surface area contributed by atoms with Crippen molar-refractivity contribution < 1.29 is 23.1 Å². The molecule has 0 aliphatic carbocycles. The zero-order valence-electron chi connectivity index (χ0n) is 12.3. The van der Waals surface area contributed by atoms with Crippen LogP contribution in [0.15, 0.2) is 48.5 Å². The van der Waals surface area contributed by atoms with Crippen LogP contribution in [0.4, 0.5) is 14.5 Å². The Morgan fingerprint density at radius 1 is 1.12 bits per heavy atom. The van der Waals surface area contributed by atoms with E-state index in [9.17, 15) is 18.4 Å². The van der Waals surface area contributed by atoms with Crippen molar-refractivity contribution in [3.05, 3.63) is 57.7 Å². The summed E-state index contributed by atoms with van der Waals surface area (Å²) in [4.78, 5) is 23.9. The first kappa shape index (κ1) is 18.1. The highest BCUT2D eigenvalue weighted by atomic mass is 127. The molecule has 0 unspecified atom stereocenters. The lowest BCUT2D eigenvalue weighted by atomic mass is 10.2. The number of nitrogens with one attached hydrogen (secondary N) is 2. The van der Waals surface area contributed by atoms with Crippen LogP contribution in [-0.2, 0) is 4.79 Å². The molecule has 2 amide bonds. The summed E-state index contributed by atoms with van der Waals surface area (Å²) in [5.74, 6) is -1.36. The number of halogens is 3. The second kappa shape index (κ2) is 8.57. The topological polar surface area (TPSA) is 67.4 Å². The summed E-state index contributed by atoms with van der Waals surface area (Å²) in [6.45, 7) is -3.34. The fourth-order valence-electron chi connectivity index (χ4n) is 1.88. The van der Waals surface area contributed by atoms with E-state index < -0.39 is 18.4 Å². The first-order valence-electron chi connectivity index (χ1n) is 6.83. The van der Waals surface area contributed by atoms with Gasteiger partial charge >= 0.3 is 6.61 Å². The third-order valence-electron chi connectivity index (χ3n) is 2.87. The summed E-state index contributed by atoms with van der Waals surface area (Å²) in [5, 5.41) is 5.00. The molecule has 0 radical (unpaired) electrons. The summed E-state index contributed by atoms with van der Waals surface area (Å²) in [6, 6.07) is 12.7. The largest absolute Gasteiger partial charge is 0.434 e. The fourth-order valence-corrected chi connectivity index (χ4v) is 2.42. The second-order valence-corrected chi connectivity index (χ2v) is 5.86. The summed E-state index contributed by atoms with van der Waals surface area (Å²) in [5.41, 5.74) is 0.530. The van der Waals surface area contributed by atoms with Crippen LogP contribution < -0.4 is 15.4 Å². The van der Waals surface area contributed by atoms with Gasteiger partial charge in [0, 0.05) is 9.26 Å². The quantitative estimate of drug-likeness (QED) is 0.670. The average molecular weight is 446 g/mol. The number of para-hydroxylation sites is 1. The maximum absolute atomic E-state index is 12.3. The Morgan fingerprint density at radius 3 is 2.58 bits per heavy atom. The van der Waals surface area contributed by atoms with Gasteiger partial charge in [-0.25, -0.2) is 0 Å². The molecule has 0 aromatic heterocycles. The number of hydrogen-bond donors (Lipinski definition) is 2. The molecule has 0 aliphatic heterocycles. The van der Waals surface area contributed by atoms with Crippen LogP contribution in [0, 0.1) is 3.57 Å². The number of carbonyl (C=O) groups excluding carboxylic acids is 2. The van der Waals surface area contributed by atoms with Gasteiger partial charge in [-0.2, -0.15) is 8.78 Å². The number of ether oxygens (including phenoxy) is 1. The van der Waals surface area contributed by atoms with Gasteiger partial charge in [0.15, 0.2) is 0 Å². The SMILES string of the molecule is O=C(CNC(=O)c1ccccc1OC(F)F)Nc1cccc(I)c1. The molecule has 0 bridgehead atoms. The standard InChI is InChI=1S/C16H13F2IN2O3/c17-16(18)24-13-7-2-1-6-12(13)15(23)20-9-14(22)21-11-5-3-4-10(19)8-11/h1-8,16H,9H2,(H,20,23)(H,21,22). The van der Waals surface area contributed by atoms with Crippen molar-refractivity contribution in [2.75, 3.05) is 11.9 Å². The van der Waals surface area contributed by atoms with E-state index in [4.69, 9.17) is 0 Å². The Bertz CT molecular complexity index is 741. The number of alkyl halides is 2. The van der Waals surface area contributed by atoms with Crippen LogP contribution in [0.2, 0.25) is 0 Å². The maximum atomic E-state index is 12.3. The van der Waals surface area contributed by atoms with E-state index in [2.05, 4.69) is 38.0 Å². The van der Waals surface area contributed by atoms with E-state index in [-0.39, 0.29) is 17.9 Å². The molecule has 2 rings (SSSR count). The monoisotopic (exact) mass is 446 g/mol. The third kappa shape index (κ3) is 5.44. The van der Waals surface area contributed by atoms with Crippen LogP contribution in [0.25, 0.3) is 0 Å². The molecule has 126 valence electrons. The van der Waals surface area contributed by atoms with Gasteiger partial charge in [-0.15, -0.1) is 0 Å². The summed E-state index contributed by atoms with van der Waals surface area (Å²) in [6.07, 6.45) is 0. The summed E-state index contributed by atoms with van der Waals surface area (Å²) < 4.78 is 29.9. The van der Waals surface area contributed by atoms with Crippen LogP contribution in [0.5, 0.6) is 5.75 Å². The molecule has 0 heterocycles. The minimum absolute atomic E-state index is 0.0696. The van der Waals surface area contributed by atoms with Crippen molar-refractivity contribution in [1.29, 1.82) is 0 Å². The normalized spacial score (nSPS) is 10.3.